The van der Waals surface area contributed by atoms with E-state index in [1.165, 1.54) is 0 Å². The minimum atomic E-state index is -0.926. The first-order valence-electron chi connectivity index (χ1n) is 6.35. The van der Waals surface area contributed by atoms with Crippen molar-refractivity contribution in [2.75, 3.05) is 19.8 Å². The van der Waals surface area contributed by atoms with Crippen molar-refractivity contribution < 1.29 is 19.4 Å². The van der Waals surface area contributed by atoms with Gasteiger partial charge in [-0.1, -0.05) is 15.9 Å². The molecule has 0 spiro atoms. The number of rotatable bonds is 3. The molecule has 1 aromatic rings. The molecule has 5 nitrogen and oxygen atoms in total. The van der Waals surface area contributed by atoms with E-state index in [0.29, 0.717) is 18.7 Å². The fourth-order valence-electron chi connectivity index (χ4n) is 2.24. The zero-order valence-corrected chi connectivity index (χ0v) is 12.7. The Morgan fingerprint density at radius 1 is 1.50 bits per heavy atom. The summed E-state index contributed by atoms with van der Waals surface area (Å²) in [7, 11) is 0. The van der Waals surface area contributed by atoms with Gasteiger partial charge in [0, 0.05) is 16.6 Å². The van der Waals surface area contributed by atoms with Gasteiger partial charge in [0.05, 0.1) is 25.7 Å². The van der Waals surface area contributed by atoms with Gasteiger partial charge in [-0.15, -0.1) is 0 Å². The van der Waals surface area contributed by atoms with Crippen molar-refractivity contribution in [3.05, 3.63) is 33.8 Å². The van der Waals surface area contributed by atoms with Gasteiger partial charge >= 0.3 is 5.97 Å². The highest BCUT2D eigenvalue weighted by Crippen LogP contribution is 2.20. The number of ether oxygens (including phenoxy) is 1. The van der Waals surface area contributed by atoms with Gasteiger partial charge in [0.2, 0.25) is 0 Å². The summed E-state index contributed by atoms with van der Waals surface area (Å²) in [6.45, 7) is 3.05. The Balaban J connectivity index is 2.20. The molecule has 108 valence electrons. The molecule has 6 heteroatoms. The van der Waals surface area contributed by atoms with Crippen LogP contribution in [0.5, 0.6) is 0 Å². The second-order valence-electron chi connectivity index (χ2n) is 4.79. The number of aryl methyl sites for hydroxylation is 1. The Morgan fingerprint density at radius 2 is 2.25 bits per heavy atom. The molecule has 20 heavy (non-hydrogen) atoms. The Bertz CT molecular complexity index is 532. The van der Waals surface area contributed by atoms with Crippen LogP contribution >= 0.6 is 15.9 Å². The number of carboxylic acid groups (broad SMARTS) is 1. The van der Waals surface area contributed by atoms with Crippen LogP contribution in [0.2, 0.25) is 0 Å². The fourth-order valence-corrected chi connectivity index (χ4v) is 2.48. The average molecular weight is 342 g/mol. The number of carbonyl (C=O) groups is 2. The van der Waals surface area contributed by atoms with Crippen LogP contribution in [0.15, 0.2) is 22.7 Å². The summed E-state index contributed by atoms with van der Waals surface area (Å²) in [5.41, 5.74) is 1.54. The van der Waals surface area contributed by atoms with Gasteiger partial charge in [-0.05, 0) is 30.7 Å². The third-order valence-corrected chi connectivity index (χ3v) is 4.19. The number of halogens is 1. The summed E-state index contributed by atoms with van der Waals surface area (Å²) in [5.74, 6) is -1.07. The summed E-state index contributed by atoms with van der Waals surface area (Å²) in [6.07, 6.45) is -0.0960. The van der Waals surface area contributed by atoms with E-state index in [4.69, 9.17) is 9.84 Å². The number of hydrogen-bond acceptors (Lipinski definition) is 3. The summed E-state index contributed by atoms with van der Waals surface area (Å²) >= 11 is 3.40. The van der Waals surface area contributed by atoms with Crippen molar-refractivity contribution in [3.63, 3.8) is 0 Å². The van der Waals surface area contributed by atoms with E-state index < -0.39 is 12.0 Å². The molecule has 1 aliphatic heterocycles. The molecule has 1 amide bonds. The van der Waals surface area contributed by atoms with Crippen LogP contribution in [-0.2, 0) is 9.53 Å². The Hall–Kier alpha value is -1.40. The van der Waals surface area contributed by atoms with E-state index in [-0.39, 0.29) is 18.9 Å². The number of amides is 1. The predicted molar refractivity (Wildman–Crippen MR) is 76.8 cm³/mol. The minimum Gasteiger partial charge on any atom is -0.481 e. The first kappa shape index (κ1) is 15.0. The Morgan fingerprint density at radius 3 is 2.90 bits per heavy atom. The Kier molecular flexibility index (Phi) is 4.77. The van der Waals surface area contributed by atoms with Crippen molar-refractivity contribution in [1.82, 2.24) is 4.90 Å². The van der Waals surface area contributed by atoms with Crippen molar-refractivity contribution >= 4 is 27.8 Å². The molecule has 0 saturated carbocycles. The molecular formula is C14H16BrNO4. The summed E-state index contributed by atoms with van der Waals surface area (Å²) < 4.78 is 6.22. The third kappa shape index (κ3) is 3.37. The van der Waals surface area contributed by atoms with Gasteiger partial charge in [0.1, 0.15) is 0 Å². The lowest BCUT2D eigenvalue weighted by atomic mass is 10.1. The molecule has 0 radical (unpaired) electrons. The normalized spacial score (nSPS) is 18.9. The maximum atomic E-state index is 12.5. The minimum absolute atomic E-state index is 0.0960. The lowest BCUT2D eigenvalue weighted by molar-refractivity contribution is -0.139. The van der Waals surface area contributed by atoms with Gasteiger partial charge < -0.3 is 14.7 Å². The smallest absolute Gasteiger partial charge is 0.305 e. The summed E-state index contributed by atoms with van der Waals surface area (Å²) in [5, 5.41) is 8.92. The average Bonchev–Trinajstić information content (AvgIpc) is 2.41. The first-order valence-corrected chi connectivity index (χ1v) is 7.15. The first-order chi connectivity index (χ1) is 9.49. The maximum Gasteiger partial charge on any atom is 0.305 e. The van der Waals surface area contributed by atoms with E-state index in [1.54, 1.807) is 17.0 Å². The molecule has 1 heterocycles. The van der Waals surface area contributed by atoms with Crippen LogP contribution in [-0.4, -0.2) is 47.7 Å². The van der Waals surface area contributed by atoms with Gasteiger partial charge in [-0.25, -0.2) is 0 Å². The summed E-state index contributed by atoms with van der Waals surface area (Å²) in [6, 6.07) is 4.97. The van der Waals surface area contributed by atoms with Crippen molar-refractivity contribution in [2.45, 2.75) is 19.4 Å². The quantitative estimate of drug-likeness (QED) is 0.913. The largest absolute Gasteiger partial charge is 0.481 e. The molecule has 1 aliphatic rings. The number of carbonyl (C=O) groups excluding carboxylic acids is 1. The second kappa shape index (κ2) is 6.37. The van der Waals surface area contributed by atoms with E-state index in [9.17, 15) is 9.59 Å². The molecular weight excluding hydrogens is 326 g/mol. The van der Waals surface area contributed by atoms with E-state index in [2.05, 4.69) is 15.9 Å². The van der Waals surface area contributed by atoms with E-state index in [0.717, 1.165) is 10.0 Å². The highest BCUT2D eigenvalue weighted by molar-refractivity contribution is 9.10. The summed E-state index contributed by atoms with van der Waals surface area (Å²) in [4.78, 5) is 25.0. The van der Waals surface area contributed by atoms with E-state index >= 15 is 0 Å². The maximum absolute atomic E-state index is 12.5. The Labute approximate surface area is 125 Å². The standard InChI is InChI=1S/C14H16BrNO4/c1-9-6-10(2-3-12(9)15)14(19)16-4-5-20-8-11(16)7-13(17)18/h2-3,6,11H,4-5,7-8H2,1H3,(H,17,18). The van der Waals surface area contributed by atoms with Crippen LogP contribution in [0, 0.1) is 6.92 Å². The highest BCUT2D eigenvalue weighted by Gasteiger charge is 2.29. The van der Waals surface area contributed by atoms with Crippen LogP contribution in [0.4, 0.5) is 0 Å². The van der Waals surface area contributed by atoms with Gasteiger partial charge in [0.15, 0.2) is 0 Å². The van der Waals surface area contributed by atoms with Crippen molar-refractivity contribution in [2.24, 2.45) is 0 Å². The van der Waals surface area contributed by atoms with Gasteiger partial charge in [-0.2, -0.15) is 0 Å². The van der Waals surface area contributed by atoms with Crippen LogP contribution in [0.25, 0.3) is 0 Å². The number of benzene rings is 1. The number of carboxylic acids is 1. The molecule has 1 fully saturated rings. The number of nitrogens with zero attached hydrogens (tertiary/aromatic N) is 1. The molecule has 1 aromatic carbocycles. The zero-order valence-electron chi connectivity index (χ0n) is 11.1. The molecule has 1 saturated heterocycles. The topological polar surface area (TPSA) is 66.8 Å². The molecule has 1 atom stereocenters. The SMILES string of the molecule is Cc1cc(C(=O)N2CCOCC2CC(=O)O)ccc1Br. The van der Waals surface area contributed by atoms with Gasteiger partial charge in [0.25, 0.3) is 5.91 Å². The van der Waals surface area contributed by atoms with Crippen molar-refractivity contribution in [1.29, 1.82) is 0 Å². The van der Waals surface area contributed by atoms with Gasteiger partial charge in [-0.3, -0.25) is 9.59 Å². The van der Waals surface area contributed by atoms with Crippen LogP contribution < -0.4 is 0 Å². The number of hydrogen-bond donors (Lipinski definition) is 1. The molecule has 0 aliphatic carbocycles. The molecule has 0 bridgehead atoms. The van der Waals surface area contributed by atoms with E-state index in [1.807, 2.05) is 13.0 Å². The predicted octanol–water partition coefficient (Wildman–Crippen LogP) is 2.07. The fraction of sp³-hybridized carbons (Fsp3) is 0.429. The monoisotopic (exact) mass is 341 g/mol. The number of aliphatic carboxylic acids is 1. The van der Waals surface area contributed by atoms with Crippen molar-refractivity contribution in [3.8, 4) is 0 Å². The molecule has 2 rings (SSSR count). The van der Waals surface area contributed by atoms with Crippen LogP contribution in [0.3, 0.4) is 0 Å². The third-order valence-electron chi connectivity index (χ3n) is 3.30. The molecule has 1 N–H and O–H groups in total. The number of morpholine rings is 1. The molecule has 0 aromatic heterocycles. The lowest BCUT2D eigenvalue weighted by Crippen LogP contribution is -2.49. The lowest BCUT2D eigenvalue weighted by Gasteiger charge is -2.35. The second-order valence-corrected chi connectivity index (χ2v) is 5.64. The van der Waals surface area contributed by atoms with Crippen LogP contribution in [0.1, 0.15) is 22.3 Å². The molecule has 1 unspecified atom stereocenters. The highest BCUT2D eigenvalue weighted by atomic mass is 79.9. The zero-order chi connectivity index (χ0) is 14.7.